The maximum absolute atomic E-state index is 5.42. The molecule has 3 N–H and O–H groups in total. The van der Waals surface area contributed by atoms with Gasteiger partial charge in [-0.2, -0.15) is 0 Å². The van der Waals surface area contributed by atoms with Crippen LogP contribution >= 0.6 is 0 Å². The zero-order valence-electron chi connectivity index (χ0n) is 11.3. The molecule has 1 aromatic heterocycles. The molecular weight excluding hydrogens is 226 g/mol. The van der Waals surface area contributed by atoms with E-state index in [-0.39, 0.29) is 0 Å². The van der Waals surface area contributed by atoms with Gasteiger partial charge >= 0.3 is 0 Å². The van der Waals surface area contributed by atoms with Gasteiger partial charge in [-0.1, -0.05) is 0 Å². The molecule has 1 unspecified atom stereocenters. The quantitative estimate of drug-likeness (QED) is 0.599. The van der Waals surface area contributed by atoms with E-state index in [2.05, 4.69) is 34.3 Å². The molecule has 1 aromatic rings. The first kappa shape index (κ1) is 13.3. The summed E-state index contributed by atoms with van der Waals surface area (Å²) in [5.41, 5.74) is 4.67. The van der Waals surface area contributed by atoms with Crippen molar-refractivity contribution in [2.45, 2.75) is 25.4 Å². The molecule has 0 amide bonds. The third-order valence-corrected chi connectivity index (χ3v) is 3.42. The summed E-state index contributed by atoms with van der Waals surface area (Å²) in [6.45, 7) is 3.20. The summed E-state index contributed by atoms with van der Waals surface area (Å²) in [7, 11) is 4.27. The van der Waals surface area contributed by atoms with Crippen LogP contribution in [-0.2, 0) is 6.54 Å². The molecule has 1 aliphatic rings. The highest BCUT2D eigenvalue weighted by atomic mass is 15.2. The highest BCUT2D eigenvalue weighted by Gasteiger charge is 2.25. The molecule has 0 saturated carbocycles. The third kappa shape index (κ3) is 3.41. The second kappa shape index (κ2) is 6.13. The molecular formula is C13H23N5. The van der Waals surface area contributed by atoms with Crippen LogP contribution in [-0.4, -0.2) is 48.0 Å². The van der Waals surface area contributed by atoms with Crippen LogP contribution in [0.15, 0.2) is 18.3 Å². The lowest BCUT2D eigenvalue weighted by molar-refractivity contribution is 0.199. The average molecular weight is 249 g/mol. The van der Waals surface area contributed by atoms with Crippen molar-refractivity contribution in [1.29, 1.82) is 0 Å². The molecule has 2 heterocycles. The van der Waals surface area contributed by atoms with E-state index in [1.165, 1.54) is 19.4 Å². The van der Waals surface area contributed by atoms with Gasteiger partial charge in [0.2, 0.25) is 0 Å². The number of hydrogen-bond acceptors (Lipinski definition) is 5. The van der Waals surface area contributed by atoms with Crippen LogP contribution in [0.4, 0.5) is 5.69 Å². The van der Waals surface area contributed by atoms with E-state index in [4.69, 9.17) is 5.84 Å². The van der Waals surface area contributed by atoms with Crippen molar-refractivity contribution < 1.29 is 0 Å². The van der Waals surface area contributed by atoms with E-state index in [0.29, 0.717) is 6.04 Å². The highest BCUT2D eigenvalue weighted by Crippen LogP contribution is 2.20. The fraction of sp³-hybridized carbons (Fsp3) is 0.615. The van der Waals surface area contributed by atoms with Crippen molar-refractivity contribution in [3.05, 3.63) is 24.0 Å². The number of aromatic nitrogens is 1. The first-order chi connectivity index (χ1) is 8.69. The van der Waals surface area contributed by atoms with Crippen LogP contribution in [0.5, 0.6) is 0 Å². The summed E-state index contributed by atoms with van der Waals surface area (Å²) in [6.07, 6.45) is 4.38. The van der Waals surface area contributed by atoms with E-state index in [1.807, 2.05) is 18.3 Å². The molecule has 0 radical (unpaired) electrons. The SMILES string of the molecule is CN(C)CC1CCCN1Cc1cc(NN)ccn1. The van der Waals surface area contributed by atoms with Gasteiger partial charge < -0.3 is 10.3 Å². The molecule has 1 atom stereocenters. The fourth-order valence-corrected chi connectivity index (χ4v) is 2.59. The Labute approximate surface area is 109 Å². The molecule has 18 heavy (non-hydrogen) atoms. The number of nitrogens with zero attached hydrogens (tertiary/aromatic N) is 3. The topological polar surface area (TPSA) is 57.4 Å². The van der Waals surface area contributed by atoms with Gasteiger partial charge in [0.15, 0.2) is 0 Å². The molecule has 1 fully saturated rings. The van der Waals surface area contributed by atoms with Crippen LogP contribution in [0, 0.1) is 0 Å². The normalized spacial score (nSPS) is 20.6. The minimum absolute atomic E-state index is 0.649. The Morgan fingerprint density at radius 3 is 3.11 bits per heavy atom. The summed E-state index contributed by atoms with van der Waals surface area (Å²) >= 11 is 0. The molecule has 0 spiro atoms. The van der Waals surface area contributed by atoms with Gasteiger partial charge in [0.1, 0.15) is 0 Å². The first-order valence-corrected chi connectivity index (χ1v) is 6.49. The number of nitrogens with one attached hydrogen (secondary N) is 1. The van der Waals surface area contributed by atoms with Crippen LogP contribution in [0.2, 0.25) is 0 Å². The van der Waals surface area contributed by atoms with Gasteiger partial charge in [-0.15, -0.1) is 0 Å². The van der Waals surface area contributed by atoms with Gasteiger partial charge in [0.05, 0.1) is 11.4 Å². The Kier molecular flexibility index (Phi) is 4.52. The Bertz CT molecular complexity index is 379. The summed E-state index contributed by atoms with van der Waals surface area (Å²) in [5.74, 6) is 5.42. The molecule has 2 rings (SSSR count). The fourth-order valence-electron chi connectivity index (χ4n) is 2.59. The van der Waals surface area contributed by atoms with Crippen molar-refractivity contribution in [3.63, 3.8) is 0 Å². The second-order valence-electron chi connectivity index (χ2n) is 5.21. The lowest BCUT2D eigenvalue weighted by Gasteiger charge is -2.26. The average Bonchev–Trinajstić information content (AvgIpc) is 2.76. The van der Waals surface area contributed by atoms with E-state index in [0.717, 1.165) is 24.5 Å². The smallest absolute Gasteiger partial charge is 0.0565 e. The van der Waals surface area contributed by atoms with Gasteiger partial charge in [0.25, 0.3) is 0 Å². The van der Waals surface area contributed by atoms with E-state index >= 15 is 0 Å². The Hall–Kier alpha value is -1.17. The van der Waals surface area contributed by atoms with Gasteiger partial charge in [-0.05, 0) is 45.6 Å². The minimum atomic E-state index is 0.649. The third-order valence-electron chi connectivity index (χ3n) is 3.42. The number of pyridine rings is 1. The lowest BCUT2D eigenvalue weighted by Crippen LogP contribution is -2.37. The van der Waals surface area contributed by atoms with Gasteiger partial charge in [0, 0.05) is 25.3 Å². The minimum Gasteiger partial charge on any atom is -0.324 e. The number of hydrazine groups is 1. The van der Waals surface area contributed by atoms with Crippen molar-refractivity contribution >= 4 is 5.69 Å². The van der Waals surface area contributed by atoms with Crippen molar-refractivity contribution in [1.82, 2.24) is 14.8 Å². The predicted octanol–water partition coefficient (Wildman–Crippen LogP) is 0.893. The number of nitrogen functional groups attached to an aromatic ring is 1. The predicted molar refractivity (Wildman–Crippen MR) is 74.0 cm³/mol. The number of rotatable bonds is 5. The van der Waals surface area contributed by atoms with Gasteiger partial charge in [-0.3, -0.25) is 15.7 Å². The number of hydrogen-bond donors (Lipinski definition) is 2. The number of likely N-dealkylation sites (N-methyl/N-ethyl adjacent to an activating group) is 1. The molecule has 1 saturated heterocycles. The van der Waals surface area contributed by atoms with E-state index in [1.54, 1.807) is 0 Å². The second-order valence-corrected chi connectivity index (χ2v) is 5.21. The van der Waals surface area contributed by atoms with Crippen molar-refractivity contribution in [2.75, 3.05) is 32.6 Å². The molecule has 0 aromatic carbocycles. The monoisotopic (exact) mass is 249 g/mol. The molecule has 5 heteroatoms. The van der Waals surface area contributed by atoms with E-state index in [9.17, 15) is 0 Å². The van der Waals surface area contributed by atoms with Crippen LogP contribution in [0.3, 0.4) is 0 Å². The maximum Gasteiger partial charge on any atom is 0.0565 e. The zero-order valence-corrected chi connectivity index (χ0v) is 11.3. The van der Waals surface area contributed by atoms with Gasteiger partial charge in [-0.25, -0.2) is 0 Å². The number of nitrogens with two attached hydrogens (primary N) is 1. The summed E-state index contributed by atoms with van der Waals surface area (Å²) in [4.78, 5) is 9.19. The summed E-state index contributed by atoms with van der Waals surface area (Å²) in [5, 5.41) is 0. The van der Waals surface area contributed by atoms with Crippen LogP contribution in [0.25, 0.3) is 0 Å². The lowest BCUT2D eigenvalue weighted by atomic mass is 10.2. The largest absolute Gasteiger partial charge is 0.324 e. The van der Waals surface area contributed by atoms with E-state index < -0.39 is 0 Å². The molecule has 100 valence electrons. The molecule has 0 bridgehead atoms. The summed E-state index contributed by atoms with van der Waals surface area (Å²) < 4.78 is 0. The summed E-state index contributed by atoms with van der Waals surface area (Å²) in [6, 6.07) is 4.55. The molecule has 0 aliphatic carbocycles. The Balaban J connectivity index is 1.98. The molecule has 5 nitrogen and oxygen atoms in total. The first-order valence-electron chi connectivity index (χ1n) is 6.49. The Morgan fingerprint density at radius 2 is 2.39 bits per heavy atom. The van der Waals surface area contributed by atoms with Crippen LogP contribution < -0.4 is 11.3 Å². The van der Waals surface area contributed by atoms with Crippen LogP contribution in [0.1, 0.15) is 18.5 Å². The maximum atomic E-state index is 5.42. The Morgan fingerprint density at radius 1 is 1.56 bits per heavy atom. The van der Waals surface area contributed by atoms with Crippen molar-refractivity contribution in [2.24, 2.45) is 5.84 Å². The van der Waals surface area contributed by atoms with Crippen molar-refractivity contribution in [3.8, 4) is 0 Å². The zero-order chi connectivity index (χ0) is 13.0. The number of anilines is 1. The molecule has 1 aliphatic heterocycles. The highest BCUT2D eigenvalue weighted by molar-refractivity contribution is 5.41. The standard InChI is InChI=1S/C13H23N5/c1-17(2)10-13-4-3-7-18(13)9-12-8-11(16-14)5-6-15-12/h5-6,8,13H,3-4,7,9-10,14H2,1-2H3,(H,15,16). The number of likely N-dealkylation sites (tertiary alicyclic amines) is 1.